The molecular weight excluding hydrogens is 538 g/mol. The van der Waals surface area contributed by atoms with Gasteiger partial charge in [0, 0.05) is 44.6 Å². The zero-order valence-corrected chi connectivity index (χ0v) is 20.8. The van der Waals surface area contributed by atoms with Crippen molar-refractivity contribution in [3.63, 3.8) is 0 Å². The molecule has 2 aromatic rings. The van der Waals surface area contributed by atoms with E-state index in [1.807, 2.05) is 12.3 Å². The molecule has 0 radical (unpaired) electrons. The van der Waals surface area contributed by atoms with Crippen LogP contribution in [-0.4, -0.2) is 76.3 Å². The van der Waals surface area contributed by atoms with Crippen molar-refractivity contribution in [3.8, 4) is 0 Å². The van der Waals surface area contributed by atoms with Crippen LogP contribution in [0.5, 0.6) is 0 Å². The number of alkyl halides is 6. The number of nitrogens with zero attached hydrogens (tertiary/aromatic N) is 2. The maximum Gasteiger partial charge on any atom is 0.490 e. The summed E-state index contributed by atoms with van der Waals surface area (Å²) in [5, 5.41) is 14.2. The molecule has 1 spiro atoms. The Bertz CT molecular complexity index is 1030. The molecule has 0 aliphatic carbocycles. The fourth-order valence-electron chi connectivity index (χ4n) is 3.95. The number of halogens is 6. The van der Waals surface area contributed by atoms with Gasteiger partial charge in [-0.3, -0.25) is 9.88 Å². The van der Waals surface area contributed by atoms with Crippen molar-refractivity contribution in [2.24, 2.45) is 5.92 Å². The van der Waals surface area contributed by atoms with Gasteiger partial charge in [0.25, 0.3) is 0 Å². The Hall–Kier alpha value is -3.23. The number of rotatable bonds is 6. The highest BCUT2D eigenvalue weighted by atomic mass is 19.4. The van der Waals surface area contributed by atoms with Crippen LogP contribution in [0.1, 0.15) is 23.1 Å². The number of carboxylic acids is 2. The van der Waals surface area contributed by atoms with E-state index in [-0.39, 0.29) is 5.60 Å². The smallest absolute Gasteiger partial charge is 0.475 e. The highest BCUT2D eigenvalue weighted by Gasteiger charge is 2.52. The predicted molar refractivity (Wildman–Crippen MR) is 125 cm³/mol. The molecule has 0 amide bonds. The second-order valence-electron chi connectivity index (χ2n) is 9.01. The summed E-state index contributed by atoms with van der Waals surface area (Å²) in [7, 11) is 0. The van der Waals surface area contributed by atoms with Crippen molar-refractivity contribution >= 4 is 11.9 Å². The van der Waals surface area contributed by atoms with Crippen molar-refractivity contribution in [2.75, 3.05) is 26.3 Å². The minimum atomic E-state index is -5.08. The van der Waals surface area contributed by atoms with Crippen LogP contribution in [0, 0.1) is 12.8 Å². The van der Waals surface area contributed by atoms with Gasteiger partial charge >= 0.3 is 24.3 Å². The quantitative estimate of drug-likeness (QED) is 0.494. The number of carbonyl (C=O) groups is 2. The Balaban J connectivity index is 0.000000317. The summed E-state index contributed by atoms with van der Waals surface area (Å²) in [6, 6.07) is 12.8. The van der Waals surface area contributed by atoms with E-state index in [0.717, 1.165) is 44.8 Å². The lowest BCUT2D eigenvalue weighted by atomic mass is 9.81. The summed E-state index contributed by atoms with van der Waals surface area (Å²) in [6.45, 7) is 7.43. The van der Waals surface area contributed by atoms with E-state index in [4.69, 9.17) is 29.3 Å². The molecule has 39 heavy (non-hydrogen) atoms. The number of pyridine rings is 1. The van der Waals surface area contributed by atoms with Crippen molar-refractivity contribution in [3.05, 3.63) is 65.5 Å². The zero-order valence-electron chi connectivity index (χ0n) is 20.8. The van der Waals surface area contributed by atoms with E-state index < -0.39 is 24.3 Å². The third-order valence-corrected chi connectivity index (χ3v) is 5.90. The van der Waals surface area contributed by atoms with Crippen LogP contribution in [-0.2, 0) is 32.2 Å². The van der Waals surface area contributed by atoms with Gasteiger partial charge in [-0.2, -0.15) is 26.3 Å². The molecule has 216 valence electrons. The van der Waals surface area contributed by atoms with Gasteiger partial charge < -0.3 is 19.7 Å². The first-order valence-corrected chi connectivity index (χ1v) is 11.6. The summed E-state index contributed by atoms with van der Waals surface area (Å²) in [5.41, 5.74) is 3.83. The second kappa shape index (κ2) is 13.7. The monoisotopic (exact) mass is 566 g/mol. The van der Waals surface area contributed by atoms with E-state index in [9.17, 15) is 26.3 Å². The summed E-state index contributed by atoms with van der Waals surface area (Å²) in [4.78, 5) is 24.4. The summed E-state index contributed by atoms with van der Waals surface area (Å²) in [5.74, 6) is -5.02. The van der Waals surface area contributed by atoms with Crippen LogP contribution >= 0.6 is 0 Å². The molecule has 8 nitrogen and oxygen atoms in total. The molecular formula is C25H28F6N2O6. The molecule has 14 heteroatoms. The van der Waals surface area contributed by atoms with Crippen molar-refractivity contribution in [1.82, 2.24) is 9.88 Å². The molecule has 1 atom stereocenters. The number of carboxylic acid groups (broad SMARTS) is 2. The maximum atomic E-state index is 10.6. The Morgan fingerprint density at radius 2 is 1.59 bits per heavy atom. The van der Waals surface area contributed by atoms with Crippen LogP contribution in [0.3, 0.4) is 0 Å². The third kappa shape index (κ3) is 10.5. The standard InChI is InChI=1S/C21H26N2O2.2C2HF3O2/c1-17-4-6-18(7-5-17)12-23-15-21(16-23)20(8-10-25-21)14-24-13-19-3-2-9-22-11-19;2*3-2(4,5)1(6)7/h2-7,9,11,20H,8,10,12-16H2,1H3;2*(H,6,7). The lowest BCUT2D eigenvalue weighted by Crippen LogP contribution is -2.64. The van der Waals surface area contributed by atoms with Gasteiger partial charge in [0.1, 0.15) is 0 Å². The van der Waals surface area contributed by atoms with E-state index >= 15 is 0 Å². The van der Waals surface area contributed by atoms with Crippen LogP contribution in [0.4, 0.5) is 26.3 Å². The molecule has 2 N–H and O–H groups in total. The average Bonchev–Trinajstić information content (AvgIpc) is 3.24. The van der Waals surface area contributed by atoms with Gasteiger partial charge in [0.15, 0.2) is 0 Å². The summed E-state index contributed by atoms with van der Waals surface area (Å²) in [6.07, 6.45) is -5.40. The number of benzene rings is 1. The highest BCUT2D eigenvalue weighted by Crippen LogP contribution is 2.40. The Labute approximate surface area is 220 Å². The van der Waals surface area contributed by atoms with Gasteiger partial charge in [-0.25, -0.2) is 9.59 Å². The number of ether oxygens (including phenoxy) is 2. The van der Waals surface area contributed by atoms with Crippen molar-refractivity contribution in [2.45, 2.75) is 44.4 Å². The summed E-state index contributed by atoms with van der Waals surface area (Å²) < 4.78 is 75.6. The van der Waals surface area contributed by atoms with E-state index in [0.29, 0.717) is 12.5 Å². The zero-order chi connectivity index (χ0) is 29.3. The van der Waals surface area contributed by atoms with E-state index in [1.54, 1.807) is 6.20 Å². The van der Waals surface area contributed by atoms with Crippen molar-refractivity contribution in [1.29, 1.82) is 0 Å². The number of aromatic nitrogens is 1. The number of likely N-dealkylation sites (tertiary alicyclic amines) is 1. The number of aryl methyl sites for hydroxylation is 1. The van der Waals surface area contributed by atoms with Gasteiger partial charge in [0.2, 0.25) is 0 Å². The molecule has 1 unspecified atom stereocenters. The average molecular weight is 566 g/mol. The van der Waals surface area contributed by atoms with Crippen LogP contribution < -0.4 is 0 Å². The molecule has 2 fully saturated rings. The van der Waals surface area contributed by atoms with E-state index in [2.05, 4.69) is 47.1 Å². The highest BCUT2D eigenvalue weighted by molar-refractivity contribution is 5.73. The molecule has 0 saturated carbocycles. The number of hydrogen-bond donors (Lipinski definition) is 2. The Morgan fingerprint density at radius 1 is 1.03 bits per heavy atom. The van der Waals surface area contributed by atoms with Crippen LogP contribution in [0.25, 0.3) is 0 Å². The SMILES string of the molecule is Cc1ccc(CN2CC3(C2)OCCC3COCc2cccnc2)cc1.O=C(O)C(F)(F)F.O=C(O)C(F)(F)F. The Kier molecular flexibility index (Phi) is 11.2. The van der Waals surface area contributed by atoms with Crippen LogP contribution in [0.15, 0.2) is 48.8 Å². The van der Waals surface area contributed by atoms with Gasteiger partial charge in [-0.05, 0) is 30.5 Å². The fourth-order valence-corrected chi connectivity index (χ4v) is 3.95. The maximum absolute atomic E-state index is 10.6. The first kappa shape index (κ1) is 32.0. The number of aliphatic carboxylic acids is 2. The fraction of sp³-hybridized carbons (Fsp3) is 0.480. The molecule has 2 aliphatic heterocycles. The van der Waals surface area contributed by atoms with Crippen LogP contribution in [0.2, 0.25) is 0 Å². The molecule has 2 aliphatic rings. The van der Waals surface area contributed by atoms with Gasteiger partial charge in [0.05, 0.1) is 18.8 Å². The molecule has 4 rings (SSSR count). The molecule has 1 aromatic carbocycles. The van der Waals surface area contributed by atoms with Gasteiger partial charge in [-0.1, -0.05) is 35.9 Å². The minimum absolute atomic E-state index is 0.0135. The molecule has 2 saturated heterocycles. The van der Waals surface area contributed by atoms with E-state index in [1.165, 1.54) is 11.1 Å². The van der Waals surface area contributed by atoms with Crippen molar-refractivity contribution < 1.29 is 55.6 Å². The molecule has 1 aromatic heterocycles. The largest absolute Gasteiger partial charge is 0.490 e. The van der Waals surface area contributed by atoms with Gasteiger partial charge in [-0.15, -0.1) is 0 Å². The second-order valence-corrected chi connectivity index (χ2v) is 9.01. The first-order chi connectivity index (χ1) is 18.1. The number of hydrogen-bond acceptors (Lipinski definition) is 6. The minimum Gasteiger partial charge on any atom is -0.475 e. The lowest BCUT2D eigenvalue weighted by molar-refractivity contribution is -0.193. The Morgan fingerprint density at radius 3 is 2.08 bits per heavy atom. The molecule has 0 bridgehead atoms. The topological polar surface area (TPSA) is 109 Å². The first-order valence-electron chi connectivity index (χ1n) is 11.6. The summed E-state index contributed by atoms with van der Waals surface area (Å²) >= 11 is 0. The third-order valence-electron chi connectivity index (χ3n) is 5.90. The lowest BCUT2D eigenvalue weighted by Gasteiger charge is -2.50. The molecule has 3 heterocycles. The normalized spacial score (nSPS) is 18.3. The predicted octanol–water partition coefficient (Wildman–Crippen LogP) is 4.46.